The Kier molecular flexibility index (Phi) is 9.32. The molecule has 0 spiro atoms. The smallest absolute Gasteiger partial charge is 0.323 e. The monoisotopic (exact) mass is 458 g/mol. The van der Waals surface area contributed by atoms with Crippen molar-refractivity contribution >= 4 is 28.9 Å². The van der Waals surface area contributed by atoms with Gasteiger partial charge in [-0.05, 0) is 30.9 Å². The number of benzene rings is 2. The van der Waals surface area contributed by atoms with E-state index in [1.165, 1.54) is 12.1 Å². The van der Waals surface area contributed by atoms with E-state index < -0.39 is 11.8 Å². The maximum atomic E-state index is 14.9. The molecule has 9 heteroatoms. The van der Waals surface area contributed by atoms with Crippen molar-refractivity contribution in [1.29, 1.82) is 0 Å². The van der Waals surface area contributed by atoms with E-state index in [0.717, 1.165) is 5.56 Å². The number of hydrogen-bond donors (Lipinski definition) is 4. The number of aryl methyl sites for hydroxylation is 1. The minimum atomic E-state index is -0.572. The van der Waals surface area contributed by atoms with Crippen LogP contribution in [0.1, 0.15) is 33.3 Å². The van der Waals surface area contributed by atoms with Crippen molar-refractivity contribution in [3.63, 3.8) is 0 Å². The molecule has 2 rings (SSSR count). The predicted octanol–water partition coefficient (Wildman–Crippen LogP) is 4.51. The number of hydrogen-bond acceptors (Lipinski definition) is 5. The maximum absolute atomic E-state index is 14.9. The Balaban J connectivity index is 2.40. The van der Waals surface area contributed by atoms with Gasteiger partial charge in [-0.15, -0.1) is 0 Å². The lowest BCUT2D eigenvalue weighted by atomic mass is 10.1. The van der Waals surface area contributed by atoms with Gasteiger partial charge in [0.15, 0.2) is 17.4 Å². The second-order valence-electron chi connectivity index (χ2n) is 8.85. The fraction of sp³-hybridized carbons (Fsp3) is 0.417. The van der Waals surface area contributed by atoms with Gasteiger partial charge in [-0.3, -0.25) is 0 Å². The van der Waals surface area contributed by atoms with Gasteiger partial charge in [-0.25, -0.2) is 9.18 Å². The number of nitrogens with one attached hydrogen (secondary N) is 2. The zero-order valence-electron chi connectivity index (χ0n) is 20.0. The van der Waals surface area contributed by atoms with E-state index in [-0.39, 0.29) is 18.2 Å². The first-order chi connectivity index (χ1) is 15.6. The predicted molar refractivity (Wildman–Crippen MR) is 133 cm³/mol. The third-order valence-corrected chi connectivity index (χ3v) is 4.66. The van der Waals surface area contributed by atoms with Gasteiger partial charge >= 0.3 is 6.03 Å². The van der Waals surface area contributed by atoms with Crippen LogP contribution in [-0.2, 0) is 0 Å². The van der Waals surface area contributed by atoms with Crippen LogP contribution in [0.2, 0.25) is 0 Å². The van der Waals surface area contributed by atoms with Crippen LogP contribution in [-0.4, -0.2) is 31.6 Å². The number of rotatable bonds is 10. The molecule has 0 unspecified atom stereocenters. The second kappa shape index (κ2) is 11.9. The van der Waals surface area contributed by atoms with E-state index in [1.54, 1.807) is 0 Å². The second-order valence-corrected chi connectivity index (χ2v) is 8.85. The molecule has 0 aliphatic rings. The van der Waals surface area contributed by atoms with E-state index in [4.69, 9.17) is 16.3 Å². The summed E-state index contributed by atoms with van der Waals surface area (Å²) < 4.78 is 20.4. The molecule has 0 bridgehead atoms. The number of halogens is 1. The van der Waals surface area contributed by atoms with Crippen molar-refractivity contribution < 1.29 is 13.9 Å². The highest BCUT2D eigenvalue weighted by Crippen LogP contribution is 2.34. The van der Waals surface area contributed by atoms with Crippen molar-refractivity contribution in [3.05, 3.63) is 47.8 Å². The maximum Gasteiger partial charge on any atom is 0.323 e. The standard InChI is InChI=1S/C24H35FN6O2/c1-15(2)12-31(13-16(3)4)21-10-19(25)22(33-14-23(26)30-27)11-20(21)29-24(32)28-18-8-6-17(5)7-9-18/h6-11,15-16H,12-14,27H2,1-5H3,(H2,26,30)(H2,28,29,32). The summed E-state index contributed by atoms with van der Waals surface area (Å²) in [4.78, 5) is 14.8. The highest BCUT2D eigenvalue weighted by molar-refractivity contribution is 6.02. The molecule has 6 N–H and O–H groups in total. The number of nitrogens with zero attached hydrogens (tertiary/aromatic N) is 2. The fourth-order valence-electron chi connectivity index (χ4n) is 3.28. The normalized spacial score (nSPS) is 11.6. The minimum absolute atomic E-state index is 0.0198. The van der Waals surface area contributed by atoms with Gasteiger partial charge in [-0.1, -0.05) is 45.4 Å². The first kappa shape index (κ1) is 25.8. The third-order valence-electron chi connectivity index (χ3n) is 4.66. The molecule has 2 amide bonds. The number of amidine groups is 1. The molecule has 0 heterocycles. The lowest BCUT2D eigenvalue weighted by molar-refractivity contribution is 0.262. The van der Waals surface area contributed by atoms with Crippen LogP contribution in [0, 0.1) is 24.6 Å². The number of urea groups is 1. The molecule has 0 atom stereocenters. The first-order valence-electron chi connectivity index (χ1n) is 11.0. The van der Waals surface area contributed by atoms with Crippen molar-refractivity contribution in [2.75, 3.05) is 35.2 Å². The number of ether oxygens (including phenoxy) is 1. The molecule has 33 heavy (non-hydrogen) atoms. The van der Waals surface area contributed by atoms with E-state index >= 15 is 0 Å². The number of amides is 2. The molecule has 0 aliphatic heterocycles. The van der Waals surface area contributed by atoms with Crippen molar-refractivity contribution in [2.45, 2.75) is 34.6 Å². The summed E-state index contributed by atoms with van der Waals surface area (Å²) in [5.74, 6) is 5.17. The number of nitrogens with two attached hydrogens (primary N) is 2. The van der Waals surface area contributed by atoms with Crippen LogP contribution < -0.4 is 31.8 Å². The molecule has 2 aromatic rings. The summed E-state index contributed by atoms with van der Waals surface area (Å²) in [6.07, 6.45) is 0. The van der Waals surface area contributed by atoms with Gasteiger partial charge in [-0.2, -0.15) is 5.10 Å². The van der Waals surface area contributed by atoms with Gasteiger partial charge in [0.1, 0.15) is 6.61 Å². The summed E-state index contributed by atoms with van der Waals surface area (Å²) in [7, 11) is 0. The van der Waals surface area contributed by atoms with Crippen LogP contribution in [0.15, 0.2) is 41.5 Å². The van der Waals surface area contributed by atoms with Crippen molar-refractivity contribution in [3.8, 4) is 5.75 Å². The summed E-state index contributed by atoms with van der Waals surface area (Å²) in [6, 6.07) is 9.81. The first-order valence-corrected chi connectivity index (χ1v) is 11.0. The molecule has 0 aliphatic carbocycles. The highest BCUT2D eigenvalue weighted by atomic mass is 19.1. The summed E-state index contributed by atoms with van der Waals surface area (Å²) in [5, 5.41) is 8.97. The van der Waals surface area contributed by atoms with Crippen molar-refractivity contribution in [2.24, 2.45) is 28.5 Å². The van der Waals surface area contributed by atoms with Gasteiger partial charge in [0.25, 0.3) is 0 Å². The van der Waals surface area contributed by atoms with Gasteiger partial charge in [0.2, 0.25) is 0 Å². The SMILES string of the molecule is Cc1ccc(NC(=O)Nc2cc(OC/C(N)=N/N)c(F)cc2N(CC(C)C)CC(C)C)cc1. The molecule has 0 aromatic heterocycles. The molecule has 2 aromatic carbocycles. The van der Waals surface area contributed by atoms with Gasteiger partial charge < -0.3 is 31.8 Å². The Labute approximate surface area is 195 Å². The number of hydrazone groups is 1. The van der Waals surface area contributed by atoms with E-state index in [9.17, 15) is 9.18 Å². The molecular weight excluding hydrogens is 423 g/mol. The molecule has 180 valence electrons. The third kappa shape index (κ3) is 8.17. The van der Waals surface area contributed by atoms with Crippen LogP contribution in [0.4, 0.5) is 26.2 Å². The summed E-state index contributed by atoms with van der Waals surface area (Å²) in [6.45, 7) is 11.5. The lowest BCUT2D eigenvalue weighted by Crippen LogP contribution is -2.33. The number of anilines is 3. The lowest BCUT2D eigenvalue weighted by Gasteiger charge is -2.31. The topological polar surface area (TPSA) is 118 Å². The van der Waals surface area contributed by atoms with Crippen LogP contribution in [0.5, 0.6) is 5.75 Å². The largest absolute Gasteiger partial charge is 0.482 e. The van der Waals surface area contributed by atoms with E-state index in [0.29, 0.717) is 42.0 Å². The average Bonchev–Trinajstić information content (AvgIpc) is 2.74. The Hall–Kier alpha value is -3.49. The Morgan fingerprint density at radius 1 is 1.09 bits per heavy atom. The Morgan fingerprint density at radius 2 is 1.70 bits per heavy atom. The van der Waals surface area contributed by atoms with E-state index in [1.807, 2.05) is 31.2 Å². The van der Waals surface area contributed by atoms with Gasteiger partial charge in [0, 0.05) is 30.9 Å². The van der Waals surface area contributed by atoms with Crippen LogP contribution in [0.25, 0.3) is 0 Å². The quantitative estimate of drug-likeness (QED) is 0.181. The molecule has 0 radical (unpaired) electrons. The number of carbonyl (C=O) groups excluding carboxylic acids is 1. The van der Waals surface area contributed by atoms with Crippen LogP contribution in [0.3, 0.4) is 0 Å². The zero-order valence-corrected chi connectivity index (χ0v) is 20.0. The molecule has 0 saturated heterocycles. The Bertz CT molecular complexity index is 950. The molecular formula is C24H35FN6O2. The fourth-order valence-corrected chi connectivity index (χ4v) is 3.28. The van der Waals surface area contributed by atoms with E-state index in [2.05, 4.69) is 48.3 Å². The molecule has 0 saturated carbocycles. The molecule has 8 nitrogen and oxygen atoms in total. The Morgan fingerprint density at radius 3 is 2.24 bits per heavy atom. The average molecular weight is 459 g/mol. The summed E-state index contributed by atoms with van der Waals surface area (Å²) >= 11 is 0. The molecule has 0 fully saturated rings. The van der Waals surface area contributed by atoms with Gasteiger partial charge in [0.05, 0.1) is 11.4 Å². The number of carbonyl (C=O) groups is 1. The highest BCUT2D eigenvalue weighted by Gasteiger charge is 2.20. The van der Waals surface area contributed by atoms with Crippen LogP contribution >= 0.6 is 0 Å². The summed E-state index contributed by atoms with van der Waals surface area (Å²) in [5.41, 5.74) is 8.28. The van der Waals surface area contributed by atoms with Crippen molar-refractivity contribution in [1.82, 2.24) is 0 Å². The minimum Gasteiger partial charge on any atom is -0.482 e. The zero-order chi connectivity index (χ0) is 24.5.